The minimum atomic E-state index is -0.178. The van der Waals surface area contributed by atoms with Gasteiger partial charge in [-0.2, -0.15) is 0 Å². The number of aromatic nitrogens is 1. The summed E-state index contributed by atoms with van der Waals surface area (Å²) in [6, 6.07) is 12.0. The molecular formula is C18H24N2O. The monoisotopic (exact) mass is 284 g/mol. The molecule has 2 aromatic rings. The lowest BCUT2D eigenvalue weighted by molar-refractivity contribution is 0.180. The third-order valence-corrected chi connectivity index (χ3v) is 3.48. The van der Waals surface area contributed by atoms with Gasteiger partial charge in [0.05, 0.1) is 0 Å². The molecule has 0 aliphatic heterocycles. The first-order chi connectivity index (χ1) is 9.88. The Kier molecular flexibility index (Phi) is 4.63. The first-order valence-electron chi connectivity index (χ1n) is 7.30. The summed E-state index contributed by atoms with van der Waals surface area (Å²) in [5.41, 5.74) is 8.48. The van der Waals surface area contributed by atoms with E-state index < -0.39 is 0 Å². The first kappa shape index (κ1) is 15.5. The number of hydrogen-bond acceptors (Lipinski definition) is 3. The van der Waals surface area contributed by atoms with Crippen LogP contribution in [0, 0.1) is 0 Å². The van der Waals surface area contributed by atoms with E-state index in [1.807, 2.05) is 31.2 Å². The fraction of sp³-hybridized carbons (Fsp3) is 0.389. The molecule has 1 heterocycles. The fourth-order valence-corrected chi connectivity index (χ4v) is 2.21. The lowest BCUT2D eigenvalue weighted by atomic mass is 9.87. The predicted molar refractivity (Wildman–Crippen MR) is 86.4 cm³/mol. The van der Waals surface area contributed by atoms with Crippen LogP contribution in [0.5, 0.6) is 5.75 Å². The van der Waals surface area contributed by atoms with Crippen LogP contribution >= 0.6 is 0 Å². The molecule has 0 bridgehead atoms. The van der Waals surface area contributed by atoms with Crippen molar-refractivity contribution in [3.8, 4) is 5.75 Å². The zero-order chi connectivity index (χ0) is 15.5. The van der Waals surface area contributed by atoms with Crippen LogP contribution in [0.1, 0.15) is 44.9 Å². The molecule has 112 valence electrons. The maximum absolute atomic E-state index is 6.14. The first-order valence-corrected chi connectivity index (χ1v) is 7.30. The third-order valence-electron chi connectivity index (χ3n) is 3.48. The van der Waals surface area contributed by atoms with Gasteiger partial charge in [-0.25, -0.2) is 0 Å². The number of nitrogens with two attached hydrogens (primary N) is 1. The molecule has 0 fully saturated rings. The van der Waals surface area contributed by atoms with Gasteiger partial charge in [0, 0.05) is 18.4 Å². The van der Waals surface area contributed by atoms with E-state index in [0.29, 0.717) is 0 Å². The van der Waals surface area contributed by atoms with Gasteiger partial charge in [0.1, 0.15) is 11.9 Å². The van der Waals surface area contributed by atoms with Gasteiger partial charge in [-0.05, 0) is 47.7 Å². The molecule has 0 aliphatic rings. The van der Waals surface area contributed by atoms with E-state index in [1.165, 1.54) is 5.56 Å². The highest BCUT2D eigenvalue weighted by Crippen LogP contribution is 2.29. The van der Waals surface area contributed by atoms with Crippen LogP contribution in [0.25, 0.3) is 0 Å². The Balaban J connectivity index is 2.26. The fourth-order valence-electron chi connectivity index (χ4n) is 2.21. The molecule has 21 heavy (non-hydrogen) atoms. The van der Waals surface area contributed by atoms with E-state index >= 15 is 0 Å². The molecule has 1 aromatic carbocycles. The Morgan fingerprint density at radius 3 is 2.33 bits per heavy atom. The molecule has 1 aromatic heterocycles. The van der Waals surface area contributed by atoms with E-state index in [4.69, 9.17) is 10.5 Å². The highest BCUT2D eigenvalue weighted by atomic mass is 16.5. The minimum absolute atomic E-state index is 0.0971. The Morgan fingerprint density at radius 1 is 1.10 bits per heavy atom. The normalized spacial score (nSPS) is 14.5. The maximum Gasteiger partial charge on any atom is 0.139 e. The highest BCUT2D eigenvalue weighted by molar-refractivity contribution is 5.33. The van der Waals surface area contributed by atoms with Gasteiger partial charge in [0.25, 0.3) is 0 Å². The number of rotatable bonds is 4. The summed E-state index contributed by atoms with van der Waals surface area (Å²) in [5, 5.41) is 0. The second kappa shape index (κ2) is 6.27. The van der Waals surface area contributed by atoms with Gasteiger partial charge in [0.2, 0.25) is 0 Å². The Morgan fingerprint density at radius 2 is 1.76 bits per heavy atom. The van der Waals surface area contributed by atoms with Gasteiger partial charge in [-0.3, -0.25) is 4.98 Å². The molecule has 0 radical (unpaired) electrons. The molecule has 0 aliphatic carbocycles. The van der Waals surface area contributed by atoms with Crippen molar-refractivity contribution in [3.05, 3.63) is 59.9 Å². The predicted octanol–water partition coefficient (Wildman–Crippen LogP) is 3.85. The molecule has 2 atom stereocenters. The van der Waals surface area contributed by atoms with Gasteiger partial charge in [-0.15, -0.1) is 0 Å². The van der Waals surface area contributed by atoms with Gasteiger partial charge >= 0.3 is 0 Å². The molecule has 2 unspecified atom stereocenters. The molecule has 3 heteroatoms. The van der Waals surface area contributed by atoms with Crippen molar-refractivity contribution in [3.63, 3.8) is 0 Å². The van der Waals surface area contributed by atoms with E-state index in [0.717, 1.165) is 11.3 Å². The average molecular weight is 284 g/mol. The maximum atomic E-state index is 6.14. The zero-order valence-electron chi connectivity index (χ0n) is 13.2. The second-order valence-corrected chi connectivity index (χ2v) is 6.46. The van der Waals surface area contributed by atoms with Crippen LogP contribution in [-0.4, -0.2) is 11.0 Å². The largest absolute Gasteiger partial charge is 0.484 e. The standard InChI is InChI=1S/C18H24N2O/c1-13(19)17(14-8-10-20-11-9-14)21-16-7-5-6-15(12-16)18(2,3)4/h5-13,17H,19H2,1-4H3. The SMILES string of the molecule is CC(N)C(Oc1cccc(C(C)(C)C)c1)c1ccncc1. The lowest BCUT2D eigenvalue weighted by Crippen LogP contribution is -2.29. The van der Waals surface area contributed by atoms with Crippen LogP contribution in [0.2, 0.25) is 0 Å². The zero-order valence-corrected chi connectivity index (χ0v) is 13.2. The van der Waals surface area contributed by atoms with Crippen LogP contribution < -0.4 is 10.5 Å². The van der Waals surface area contributed by atoms with Crippen LogP contribution in [-0.2, 0) is 5.41 Å². The Bertz CT molecular complexity index is 573. The van der Waals surface area contributed by atoms with Crippen LogP contribution in [0.3, 0.4) is 0 Å². The summed E-state index contributed by atoms with van der Waals surface area (Å²) in [6.07, 6.45) is 3.35. The topological polar surface area (TPSA) is 48.1 Å². The molecule has 0 amide bonds. The van der Waals surface area contributed by atoms with Crippen molar-refractivity contribution >= 4 is 0 Å². The number of benzene rings is 1. The second-order valence-electron chi connectivity index (χ2n) is 6.46. The Hall–Kier alpha value is -1.87. The van der Waals surface area contributed by atoms with Gasteiger partial charge in [-0.1, -0.05) is 32.9 Å². The highest BCUT2D eigenvalue weighted by Gasteiger charge is 2.19. The Labute approximate surface area is 127 Å². The summed E-state index contributed by atoms with van der Waals surface area (Å²) >= 11 is 0. The van der Waals surface area contributed by atoms with Crippen molar-refractivity contribution in [2.45, 2.75) is 45.3 Å². The number of pyridine rings is 1. The molecule has 2 N–H and O–H groups in total. The van der Waals surface area contributed by atoms with Crippen molar-refractivity contribution in [2.24, 2.45) is 5.73 Å². The molecule has 0 spiro atoms. The van der Waals surface area contributed by atoms with Crippen molar-refractivity contribution in [2.75, 3.05) is 0 Å². The smallest absolute Gasteiger partial charge is 0.139 e. The molecule has 2 rings (SSSR count). The molecule has 3 nitrogen and oxygen atoms in total. The lowest BCUT2D eigenvalue weighted by Gasteiger charge is -2.25. The van der Waals surface area contributed by atoms with E-state index in [-0.39, 0.29) is 17.6 Å². The van der Waals surface area contributed by atoms with Crippen molar-refractivity contribution in [1.29, 1.82) is 0 Å². The van der Waals surface area contributed by atoms with E-state index in [1.54, 1.807) is 12.4 Å². The van der Waals surface area contributed by atoms with Gasteiger partial charge < -0.3 is 10.5 Å². The van der Waals surface area contributed by atoms with Crippen molar-refractivity contribution < 1.29 is 4.74 Å². The molecular weight excluding hydrogens is 260 g/mol. The van der Waals surface area contributed by atoms with Gasteiger partial charge in [0.15, 0.2) is 0 Å². The summed E-state index contributed by atoms with van der Waals surface area (Å²) in [6.45, 7) is 8.53. The number of hydrogen-bond donors (Lipinski definition) is 1. The minimum Gasteiger partial charge on any atom is -0.484 e. The summed E-state index contributed by atoms with van der Waals surface area (Å²) in [5.74, 6) is 0.849. The van der Waals surface area contributed by atoms with Crippen LogP contribution in [0.15, 0.2) is 48.8 Å². The third kappa shape index (κ3) is 4.05. The number of ether oxygens (including phenoxy) is 1. The van der Waals surface area contributed by atoms with E-state index in [9.17, 15) is 0 Å². The molecule has 0 saturated heterocycles. The quantitative estimate of drug-likeness (QED) is 0.927. The van der Waals surface area contributed by atoms with Crippen molar-refractivity contribution in [1.82, 2.24) is 4.98 Å². The summed E-state index contributed by atoms with van der Waals surface area (Å²) in [7, 11) is 0. The summed E-state index contributed by atoms with van der Waals surface area (Å²) < 4.78 is 6.14. The summed E-state index contributed by atoms with van der Waals surface area (Å²) in [4.78, 5) is 4.04. The average Bonchev–Trinajstić information content (AvgIpc) is 2.45. The number of nitrogens with zero attached hydrogens (tertiary/aromatic N) is 1. The van der Waals surface area contributed by atoms with Crippen LogP contribution in [0.4, 0.5) is 0 Å². The molecule has 0 saturated carbocycles. The van der Waals surface area contributed by atoms with E-state index in [2.05, 4.69) is 37.9 Å².